The summed E-state index contributed by atoms with van der Waals surface area (Å²) in [5, 5.41) is 5.89. The van der Waals surface area contributed by atoms with Gasteiger partial charge in [0.1, 0.15) is 5.60 Å². The first-order chi connectivity index (χ1) is 7.37. The normalized spacial score (nSPS) is 17.6. The lowest BCUT2D eigenvalue weighted by molar-refractivity contribution is -0.0564. The first kappa shape index (κ1) is 16.5. The molecule has 0 atom stereocenters. The molecule has 1 rings (SSSR count). The minimum Gasteiger partial charge on any atom is -0.444 e. The minimum absolute atomic E-state index is 0. The zero-order valence-corrected chi connectivity index (χ0v) is 11.8. The molecule has 0 saturated carbocycles. The monoisotopic (exact) mass is 266 g/mol. The number of rotatable bonds is 4. The number of alkyl carbamates (subject to hydrolysis) is 1. The number of hydrogen-bond acceptors (Lipinski definition) is 4. The van der Waals surface area contributed by atoms with E-state index in [2.05, 4.69) is 10.6 Å². The Morgan fingerprint density at radius 3 is 2.35 bits per heavy atom. The number of carbonyl (C=O) groups is 1. The molecule has 0 bridgehead atoms. The first-order valence-electron chi connectivity index (χ1n) is 5.60. The molecule has 6 heteroatoms. The van der Waals surface area contributed by atoms with Gasteiger partial charge in [-0.3, -0.25) is 0 Å². The molecule has 1 aliphatic heterocycles. The van der Waals surface area contributed by atoms with Crippen LogP contribution in [0, 0.1) is 0 Å². The van der Waals surface area contributed by atoms with Crippen LogP contribution in [0.1, 0.15) is 27.2 Å². The van der Waals surface area contributed by atoms with Crippen molar-refractivity contribution in [1.29, 1.82) is 0 Å². The molecule has 1 amide bonds. The Bertz CT molecular complexity index is 244. The van der Waals surface area contributed by atoms with Crippen molar-refractivity contribution in [3.05, 3.63) is 0 Å². The zero-order valence-electron chi connectivity index (χ0n) is 11.0. The third kappa shape index (κ3) is 5.57. The van der Waals surface area contributed by atoms with Crippen molar-refractivity contribution in [3.63, 3.8) is 0 Å². The van der Waals surface area contributed by atoms with Crippen molar-refractivity contribution in [3.8, 4) is 0 Å². The number of hydrogen-bond donors (Lipinski definition) is 2. The van der Waals surface area contributed by atoms with Crippen LogP contribution in [0.25, 0.3) is 0 Å². The summed E-state index contributed by atoms with van der Waals surface area (Å²) >= 11 is 0. The van der Waals surface area contributed by atoms with Crippen LogP contribution in [0.5, 0.6) is 0 Å². The molecular weight excluding hydrogens is 244 g/mol. The lowest BCUT2D eigenvalue weighted by Crippen LogP contribution is -2.61. The fourth-order valence-corrected chi connectivity index (χ4v) is 1.53. The van der Waals surface area contributed by atoms with Crippen LogP contribution in [-0.2, 0) is 9.47 Å². The number of methoxy groups -OCH3 is 1. The standard InChI is InChI=1S/C11H22N2O3.ClH/c1-10(2,3)16-9(14)13-6-5-11(15-4)7-12-8-11;/h12H,5-8H2,1-4H3,(H,13,14);1H. The highest BCUT2D eigenvalue weighted by Crippen LogP contribution is 2.19. The zero-order chi connectivity index (χ0) is 12.2. The van der Waals surface area contributed by atoms with Crippen LogP contribution < -0.4 is 10.6 Å². The van der Waals surface area contributed by atoms with Crippen LogP contribution in [0.3, 0.4) is 0 Å². The Balaban J connectivity index is 0.00000256. The quantitative estimate of drug-likeness (QED) is 0.806. The maximum absolute atomic E-state index is 11.3. The van der Waals surface area contributed by atoms with Gasteiger partial charge in [-0.25, -0.2) is 4.79 Å². The van der Waals surface area contributed by atoms with Crippen molar-refractivity contribution < 1.29 is 14.3 Å². The Kier molecular flexibility index (Phi) is 6.23. The Labute approximate surface area is 109 Å². The summed E-state index contributed by atoms with van der Waals surface area (Å²) in [5.74, 6) is 0. The van der Waals surface area contributed by atoms with E-state index in [0.29, 0.717) is 6.54 Å². The van der Waals surface area contributed by atoms with Crippen LogP contribution in [0.15, 0.2) is 0 Å². The highest BCUT2D eigenvalue weighted by atomic mass is 35.5. The Morgan fingerprint density at radius 2 is 2.00 bits per heavy atom. The van der Waals surface area contributed by atoms with E-state index in [1.807, 2.05) is 20.8 Å². The largest absolute Gasteiger partial charge is 0.444 e. The topological polar surface area (TPSA) is 59.6 Å². The van der Waals surface area contributed by atoms with Crippen LogP contribution in [0.4, 0.5) is 4.79 Å². The highest BCUT2D eigenvalue weighted by molar-refractivity contribution is 5.85. The molecule has 5 nitrogen and oxygen atoms in total. The summed E-state index contributed by atoms with van der Waals surface area (Å²) < 4.78 is 10.5. The van der Waals surface area contributed by atoms with Gasteiger partial charge in [-0.2, -0.15) is 0 Å². The average molecular weight is 267 g/mol. The summed E-state index contributed by atoms with van der Waals surface area (Å²) in [4.78, 5) is 11.3. The Morgan fingerprint density at radius 1 is 1.41 bits per heavy atom. The van der Waals surface area contributed by atoms with Crippen molar-refractivity contribution in [1.82, 2.24) is 10.6 Å². The van der Waals surface area contributed by atoms with Gasteiger partial charge in [0.2, 0.25) is 0 Å². The van der Waals surface area contributed by atoms with E-state index >= 15 is 0 Å². The van der Waals surface area contributed by atoms with E-state index in [9.17, 15) is 4.79 Å². The second-order valence-electron chi connectivity index (χ2n) is 5.17. The van der Waals surface area contributed by atoms with E-state index in [4.69, 9.17) is 9.47 Å². The van der Waals surface area contributed by atoms with Gasteiger partial charge in [0.25, 0.3) is 0 Å². The molecule has 0 unspecified atom stereocenters. The molecular formula is C11H23ClN2O3. The first-order valence-corrected chi connectivity index (χ1v) is 5.60. The van der Waals surface area contributed by atoms with Crippen LogP contribution in [-0.4, -0.2) is 44.0 Å². The lowest BCUT2D eigenvalue weighted by Gasteiger charge is -2.41. The molecule has 0 spiro atoms. The number of halogens is 1. The molecule has 17 heavy (non-hydrogen) atoms. The number of ether oxygens (including phenoxy) is 2. The predicted octanol–water partition coefficient (Wildman–Crippen LogP) is 1.31. The van der Waals surface area contributed by atoms with Crippen LogP contribution >= 0.6 is 12.4 Å². The second kappa shape index (κ2) is 6.42. The van der Waals surface area contributed by atoms with Gasteiger partial charge in [-0.15, -0.1) is 12.4 Å². The van der Waals surface area contributed by atoms with Gasteiger partial charge < -0.3 is 20.1 Å². The van der Waals surface area contributed by atoms with E-state index in [-0.39, 0.29) is 24.1 Å². The van der Waals surface area contributed by atoms with Gasteiger partial charge in [-0.05, 0) is 27.2 Å². The summed E-state index contributed by atoms with van der Waals surface area (Å²) in [5.41, 5.74) is -0.546. The van der Waals surface area contributed by atoms with Crippen LogP contribution in [0.2, 0.25) is 0 Å². The minimum atomic E-state index is -0.443. The summed E-state index contributed by atoms with van der Waals surface area (Å²) in [6.07, 6.45) is 0.432. The number of nitrogens with one attached hydrogen (secondary N) is 2. The molecule has 0 aromatic heterocycles. The molecule has 0 aliphatic carbocycles. The van der Waals surface area contributed by atoms with Gasteiger partial charge >= 0.3 is 6.09 Å². The molecule has 1 heterocycles. The molecule has 2 N–H and O–H groups in total. The number of amides is 1. The SMILES string of the molecule is COC1(CCNC(=O)OC(C)(C)C)CNC1.Cl. The second-order valence-corrected chi connectivity index (χ2v) is 5.17. The van der Waals surface area contributed by atoms with E-state index in [0.717, 1.165) is 19.5 Å². The van der Waals surface area contributed by atoms with Gasteiger partial charge in [0.15, 0.2) is 0 Å². The van der Waals surface area contributed by atoms with Crippen molar-refractivity contribution in [2.24, 2.45) is 0 Å². The average Bonchev–Trinajstić information content (AvgIpc) is 2.06. The molecule has 0 aromatic rings. The molecule has 1 fully saturated rings. The molecule has 1 saturated heterocycles. The summed E-state index contributed by atoms with van der Waals surface area (Å²) in [6, 6.07) is 0. The Hall–Kier alpha value is -0.520. The molecule has 0 aromatic carbocycles. The van der Waals surface area contributed by atoms with E-state index < -0.39 is 5.60 Å². The molecule has 0 radical (unpaired) electrons. The predicted molar refractivity (Wildman–Crippen MR) is 68.7 cm³/mol. The third-order valence-corrected chi connectivity index (χ3v) is 2.58. The van der Waals surface area contributed by atoms with Gasteiger partial charge in [0, 0.05) is 26.7 Å². The maximum atomic E-state index is 11.3. The fourth-order valence-electron chi connectivity index (χ4n) is 1.53. The summed E-state index contributed by atoms with van der Waals surface area (Å²) in [6.45, 7) is 7.81. The number of carbonyl (C=O) groups excluding carboxylic acids is 1. The lowest BCUT2D eigenvalue weighted by atomic mass is 9.93. The molecule has 1 aliphatic rings. The third-order valence-electron chi connectivity index (χ3n) is 2.58. The van der Waals surface area contributed by atoms with Gasteiger partial charge in [0.05, 0.1) is 5.60 Å². The maximum Gasteiger partial charge on any atom is 0.407 e. The molecule has 102 valence electrons. The van der Waals surface area contributed by atoms with E-state index in [1.54, 1.807) is 7.11 Å². The van der Waals surface area contributed by atoms with Gasteiger partial charge in [-0.1, -0.05) is 0 Å². The highest BCUT2D eigenvalue weighted by Gasteiger charge is 2.36. The smallest absolute Gasteiger partial charge is 0.407 e. The van der Waals surface area contributed by atoms with E-state index in [1.165, 1.54) is 0 Å². The van der Waals surface area contributed by atoms with Crippen molar-refractivity contribution >= 4 is 18.5 Å². The fraction of sp³-hybridized carbons (Fsp3) is 0.909. The van der Waals surface area contributed by atoms with Crippen molar-refractivity contribution in [2.75, 3.05) is 26.7 Å². The summed E-state index contributed by atoms with van der Waals surface area (Å²) in [7, 11) is 1.70. The van der Waals surface area contributed by atoms with Crippen molar-refractivity contribution in [2.45, 2.75) is 38.4 Å².